The molecule has 0 unspecified atom stereocenters. The van der Waals surface area contributed by atoms with E-state index in [1.165, 1.54) is 22.6 Å². The van der Waals surface area contributed by atoms with Crippen molar-refractivity contribution in [1.29, 1.82) is 0 Å². The van der Waals surface area contributed by atoms with Crippen molar-refractivity contribution < 1.29 is 10.2 Å². The van der Waals surface area contributed by atoms with Crippen LogP contribution in [0.4, 0.5) is 0 Å². The van der Waals surface area contributed by atoms with Crippen LogP contribution in [0.25, 0.3) is 0 Å². The van der Waals surface area contributed by atoms with Crippen LogP contribution < -0.4 is 0 Å². The number of hydrogen-bond acceptors (Lipinski definition) is 2. The number of halogens is 1. The Morgan fingerprint density at radius 3 is 1.50 bits per heavy atom. The van der Waals surface area contributed by atoms with Crippen molar-refractivity contribution in [3.8, 4) is 0 Å². The third-order valence-electron chi connectivity index (χ3n) is 0. The number of aliphatic hydroxyl groups is 2. The summed E-state index contributed by atoms with van der Waals surface area (Å²) in [5.74, 6) is 0. The molecule has 0 aromatic rings. The molecular formula is CH3IO2. The first-order valence-electron chi connectivity index (χ1n) is 0.735. The van der Waals surface area contributed by atoms with Crippen LogP contribution in [0.15, 0.2) is 0 Å². The minimum Gasteiger partial charge on any atom is -0.360 e. The van der Waals surface area contributed by atoms with Crippen LogP contribution in [0, 0.1) is 0 Å². The average molecular weight is 174 g/mol. The molecule has 0 heterocycles. The summed E-state index contributed by atoms with van der Waals surface area (Å²) in [6.45, 7) is 0. The van der Waals surface area contributed by atoms with Crippen LogP contribution in [0.5, 0.6) is 0 Å². The first-order chi connectivity index (χ1) is 1.73. The van der Waals surface area contributed by atoms with Gasteiger partial charge in [-0.2, -0.15) is 0 Å². The largest absolute Gasteiger partial charge is 0.360 e. The van der Waals surface area contributed by atoms with E-state index in [4.69, 9.17) is 10.2 Å². The van der Waals surface area contributed by atoms with Crippen molar-refractivity contribution in [2.75, 3.05) is 0 Å². The van der Waals surface area contributed by atoms with Crippen molar-refractivity contribution in [3.63, 3.8) is 0 Å². The molecule has 0 fully saturated rings. The summed E-state index contributed by atoms with van der Waals surface area (Å²) < 4.78 is -1.20. The Kier molecular flexibility index (Phi) is 2.24. The van der Waals surface area contributed by atoms with Crippen molar-refractivity contribution in [3.05, 3.63) is 0 Å². The Bertz CT molecular complexity index is 10.8. The molecule has 0 saturated carbocycles. The molecule has 0 aromatic heterocycles. The normalized spacial score (nSPS) is 9.00. The molecule has 0 atom stereocenters. The Labute approximate surface area is 37.6 Å². The quantitative estimate of drug-likeness (QED) is 0.300. The van der Waals surface area contributed by atoms with Gasteiger partial charge in [0.1, 0.15) is 0 Å². The Morgan fingerprint density at radius 2 is 1.50 bits per heavy atom. The van der Waals surface area contributed by atoms with Crippen LogP contribution >= 0.6 is 22.6 Å². The van der Waals surface area contributed by atoms with Gasteiger partial charge in [0, 0.05) is 0 Å². The second-order valence-corrected chi connectivity index (χ2v) is 1.42. The van der Waals surface area contributed by atoms with E-state index in [0.717, 1.165) is 0 Å². The molecule has 0 saturated heterocycles. The highest BCUT2D eigenvalue weighted by atomic mass is 127. The van der Waals surface area contributed by atoms with Gasteiger partial charge in [-0.25, -0.2) is 0 Å². The summed E-state index contributed by atoms with van der Waals surface area (Å²) in [6, 6.07) is 0. The molecule has 0 aliphatic carbocycles. The smallest absolute Gasteiger partial charge is 0.205 e. The van der Waals surface area contributed by atoms with E-state index in [1.54, 1.807) is 0 Å². The van der Waals surface area contributed by atoms with Crippen molar-refractivity contribution in [1.82, 2.24) is 0 Å². The van der Waals surface area contributed by atoms with Crippen LogP contribution in [0.2, 0.25) is 0 Å². The SMILES string of the molecule is OC(O)I. The fourth-order valence-corrected chi connectivity index (χ4v) is 0. The van der Waals surface area contributed by atoms with E-state index in [9.17, 15) is 0 Å². The number of rotatable bonds is 0. The van der Waals surface area contributed by atoms with Gasteiger partial charge in [0.25, 0.3) is 0 Å². The average Bonchev–Trinajstić information content (AvgIpc) is 0.811. The first-order valence-corrected chi connectivity index (χ1v) is 1.98. The predicted octanol–water partition coefficient (Wildman–Crippen LogP) is -0.310. The van der Waals surface area contributed by atoms with E-state index in [0.29, 0.717) is 0 Å². The molecular weight excluding hydrogens is 171 g/mol. The Balaban J connectivity index is 2.32. The highest BCUT2D eigenvalue weighted by Gasteiger charge is 1.73. The number of alkyl halides is 1. The molecule has 0 rings (SSSR count). The second-order valence-electron chi connectivity index (χ2n) is 0.311. The molecule has 3 heteroatoms. The first kappa shape index (κ1) is 4.65. The van der Waals surface area contributed by atoms with Crippen molar-refractivity contribution in [2.45, 2.75) is 4.30 Å². The zero-order chi connectivity index (χ0) is 3.58. The van der Waals surface area contributed by atoms with Gasteiger partial charge in [0.05, 0.1) is 0 Å². The number of hydrogen-bond donors (Lipinski definition) is 2. The lowest BCUT2D eigenvalue weighted by molar-refractivity contribution is 0.0565. The van der Waals surface area contributed by atoms with Gasteiger partial charge < -0.3 is 10.2 Å². The highest BCUT2D eigenvalue weighted by Crippen LogP contribution is 1.82. The molecule has 2 N–H and O–H groups in total. The maximum Gasteiger partial charge on any atom is 0.205 e. The molecule has 0 bridgehead atoms. The minimum atomic E-state index is -1.20. The maximum absolute atomic E-state index is 7.60. The summed E-state index contributed by atoms with van der Waals surface area (Å²) in [5, 5.41) is 15.2. The topological polar surface area (TPSA) is 40.5 Å². The standard InChI is InChI=1S/CH3IO2/c2-1(3)4/h1,3-4H. The summed E-state index contributed by atoms with van der Waals surface area (Å²) in [7, 11) is 0. The zero-order valence-corrected chi connectivity index (χ0v) is 4.01. The van der Waals surface area contributed by atoms with Crippen LogP contribution in [0.3, 0.4) is 0 Å². The lowest BCUT2D eigenvalue weighted by Crippen LogP contribution is -1.85. The van der Waals surface area contributed by atoms with Crippen LogP contribution in [-0.2, 0) is 0 Å². The second kappa shape index (κ2) is 1.92. The molecule has 0 aliphatic heterocycles. The minimum absolute atomic E-state index is 1.20. The maximum atomic E-state index is 7.60. The van der Waals surface area contributed by atoms with Crippen molar-refractivity contribution in [2.24, 2.45) is 0 Å². The Morgan fingerprint density at radius 1 is 1.50 bits per heavy atom. The van der Waals surface area contributed by atoms with Gasteiger partial charge in [-0.15, -0.1) is 0 Å². The summed E-state index contributed by atoms with van der Waals surface area (Å²) in [5.41, 5.74) is 0. The van der Waals surface area contributed by atoms with Crippen LogP contribution in [-0.4, -0.2) is 14.5 Å². The van der Waals surface area contributed by atoms with Gasteiger partial charge in [-0.1, -0.05) is 0 Å². The molecule has 0 spiro atoms. The highest BCUT2D eigenvalue weighted by molar-refractivity contribution is 14.1. The Hall–Kier alpha value is 0.650. The van der Waals surface area contributed by atoms with Gasteiger partial charge in [0.15, 0.2) is 0 Å². The third-order valence-corrected chi connectivity index (χ3v) is 0. The monoisotopic (exact) mass is 174 g/mol. The predicted molar refractivity (Wildman–Crippen MR) is 22.2 cm³/mol. The summed E-state index contributed by atoms with van der Waals surface area (Å²) >= 11 is 1.45. The molecule has 2 nitrogen and oxygen atoms in total. The summed E-state index contributed by atoms with van der Waals surface area (Å²) in [4.78, 5) is 0. The van der Waals surface area contributed by atoms with Crippen LogP contribution in [0.1, 0.15) is 0 Å². The third kappa shape index (κ3) is 17.1. The molecule has 4 heavy (non-hydrogen) atoms. The summed E-state index contributed by atoms with van der Waals surface area (Å²) in [6.07, 6.45) is 0. The fourth-order valence-electron chi connectivity index (χ4n) is 0. The van der Waals surface area contributed by atoms with Gasteiger partial charge in [-0.05, 0) is 22.6 Å². The fraction of sp³-hybridized carbons (Fsp3) is 1.00. The van der Waals surface area contributed by atoms with Gasteiger partial charge >= 0.3 is 0 Å². The molecule has 0 aliphatic rings. The zero-order valence-electron chi connectivity index (χ0n) is 1.85. The molecule has 0 aromatic carbocycles. The van der Waals surface area contributed by atoms with E-state index in [2.05, 4.69) is 0 Å². The lowest BCUT2D eigenvalue weighted by Gasteiger charge is -1.77. The van der Waals surface area contributed by atoms with E-state index < -0.39 is 4.30 Å². The van der Waals surface area contributed by atoms with E-state index in [1.807, 2.05) is 0 Å². The van der Waals surface area contributed by atoms with E-state index in [-0.39, 0.29) is 0 Å². The number of aliphatic hydroxyl groups excluding tert-OH is 1. The molecule has 0 radical (unpaired) electrons. The van der Waals surface area contributed by atoms with Gasteiger partial charge in [0.2, 0.25) is 4.30 Å². The van der Waals surface area contributed by atoms with Gasteiger partial charge in [-0.3, -0.25) is 0 Å². The molecule has 26 valence electrons. The van der Waals surface area contributed by atoms with E-state index >= 15 is 0 Å². The lowest BCUT2D eigenvalue weighted by atomic mass is 11.6. The molecule has 0 amide bonds. The van der Waals surface area contributed by atoms with Crippen molar-refractivity contribution >= 4 is 22.6 Å².